The summed E-state index contributed by atoms with van der Waals surface area (Å²) in [7, 11) is 0. The van der Waals surface area contributed by atoms with Gasteiger partial charge in [-0.25, -0.2) is 0 Å². The average molecular weight is 411 g/mol. The number of carbonyl (C=O) groups is 1. The van der Waals surface area contributed by atoms with Crippen molar-refractivity contribution in [2.75, 3.05) is 18.4 Å². The molecule has 3 aromatic rings. The fourth-order valence-electron chi connectivity index (χ4n) is 3.16. The Morgan fingerprint density at radius 3 is 2.50 bits per heavy atom. The number of aryl methyl sites for hydroxylation is 1. The van der Waals surface area contributed by atoms with Crippen molar-refractivity contribution in [3.05, 3.63) is 65.7 Å². The highest BCUT2D eigenvalue weighted by Gasteiger charge is 2.29. The molecule has 1 amide bonds. The highest BCUT2D eigenvalue weighted by atomic mass is 32.2. The first kappa shape index (κ1) is 19.0. The monoisotopic (exact) mass is 410 g/mol. The van der Waals surface area contributed by atoms with Gasteiger partial charge in [0.25, 0.3) is 0 Å². The van der Waals surface area contributed by atoms with Crippen molar-refractivity contribution >= 4 is 39.8 Å². The molecule has 0 radical (unpaired) electrons. The van der Waals surface area contributed by atoms with Gasteiger partial charge in [-0.1, -0.05) is 71.1 Å². The standard InChI is InChI=1S/C21H22N4OS2/c1-15-9-11-17(12-10-15)22-20-23-24-21(28-20)27-18(16-7-3-2-4-8-16)19(26)25-13-5-6-14-25/h2-4,7-12,18H,5-6,13-14H2,1H3,(H,22,23)/t18-/m0/s1. The number of nitrogens with zero attached hydrogens (tertiary/aromatic N) is 3. The summed E-state index contributed by atoms with van der Waals surface area (Å²) in [6.07, 6.45) is 2.17. The second kappa shape index (κ2) is 8.75. The average Bonchev–Trinajstić information content (AvgIpc) is 3.40. The summed E-state index contributed by atoms with van der Waals surface area (Å²) >= 11 is 2.96. The number of likely N-dealkylation sites (tertiary alicyclic amines) is 1. The predicted molar refractivity (Wildman–Crippen MR) is 115 cm³/mol. The Hall–Kier alpha value is -2.38. The van der Waals surface area contributed by atoms with Crippen LogP contribution in [-0.4, -0.2) is 34.1 Å². The van der Waals surface area contributed by atoms with Crippen molar-refractivity contribution < 1.29 is 4.79 Å². The molecule has 0 aliphatic carbocycles. The first-order chi connectivity index (χ1) is 13.7. The van der Waals surface area contributed by atoms with Crippen LogP contribution < -0.4 is 5.32 Å². The SMILES string of the molecule is Cc1ccc(Nc2nnc(S[C@H](C(=O)N3CCCC3)c3ccccc3)s2)cc1. The van der Waals surface area contributed by atoms with E-state index in [0.717, 1.165) is 46.7 Å². The Bertz CT molecular complexity index is 921. The van der Waals surface area contributed by atoms with Crippen LogP contribution in [0.1, 0.15) is 29.2 Å². The third-order valence-corrected chi connectivity index (χ3v) is 6.84. The van der Waals surface area contributed by atoms with Gasteiger partial charge in [-0.15, -0.1) is 10.2 Å². The number of aromatic nitrogens is 2. The van der Waals surface area contributed by atoms with Gasteiger partial charge in [0, 0.05) is 18.8 Å². The maximum atomic E-state index is 13.1. The van der Waals surface area contributed by atoms with E-state index in [0.29, 0.717) is 0 Å². The summed E-state index contributed by atoms with van der Waals surface area (Å²) in [6.45, 7) is 3.75. The normalized spacial score (nSPS) is 14.8. The fourth-order valence-corrected chi connectivity index (χ4v) is 5.21. The zero-order valence-electron chi connectivity index (χ0n) is 15.7. The van der Waals surface area contributed by atoms with Gasteiger partial charge >= 0.3 is 0 Å². The van der Waals surface area contributed by atoms with Gasteiger partial charge in [-0.05, 0) is 37.5 Å². The molecule has 0 bridgehead atoms. The van der Waals surface area contributed by atoms with E-state index in [1.54, 1.807) is 0 Å². The summed E-state index contributed by atoms with van der Waals surface area (Å²) in [4.78, 5) is 15.1. The van der Waals surface area contributed by atoms with Gasteiger partial charge in [0.1, 0.15) is 5.25 Å². The third kappa shape index (κ3) is 4.54. The molecule has 1 fully saturated rings. The Morgan fingerprint density at radius 1 is 1.07 bits per heavy atom. The van der Waals surface area contributed by atoms with E-state index in [4.69, 9.17) is 0 Å². The zero-order valence-corrected chi connectivity index (χ0v) is 17.3. The molecule has 1 N–H and O–H groups in total. The molecular formula is C21H22N4OS2. The van der Waals surface area contributed by atoms with Crippen LogP contribution in [0.3, 0.4) is 0 Å². The molecule has 0 saturated carbocycles. The molecule has 2 heterocycles. The Balaban J connectivity index is 1.51. The summed E-state index contributed by atoms with van der Waals surface area (Å²) in [5.41, 5.74) is 3.20. The molecule has 4 rings (SSSR count). The molecule has 7 heteroatoms. The largest absolute Gasteiger partial charge is 0.341 e. The van der Waals surface area contributed by atoms with Crippen LogP contribution in [0.25, 0.3) is 0 Å². The summed E-state index contributed by atoms with van der Waals surface area (Å²) in [5, 5.41) is 12.3. The fraction of sp³-hybridized carbons (Fsp3) is 0.286. The van der Waals surface area contributed by atoms with E-state index >= 15 is 0 Å². The van der Waals surface area contributed by atoms with Crippen LogP contribution in [0.5, 0.6) is 0 Å². The van der Waals surface area contributed by atoms with Crippen LogP contribution >= 0.6 is 23.1 Å². The number of anilines is 2. The van der Waals surface area contributed by atoms with Gasteiger partial charge in [0.05, 0.1) is 0 Å². The number of rotatable bonds is 6. The number of amides is 1. The minimum Gasteiger partial charge on any atom is -0.341 e. The Kier molecular flexibility index (Phi) is 5.92. The predicted octanol–water partition coefficient (Wildman–Crippen LogP) is 5.05. The van der Waals surface area contributed by atoms with Crippen LogP contribution in [0.15, 0.2) is 58.9 Å². The van der Waals surface area contributed by atoms with Crippen LogP contribution in [-0.2, 0) is 4.79 Å². The maximum absolute atomic E-state index is 13.1. The number of carbonyl (C=O) groups excluding carboxylic acids is 1. The van der Waals surface area contributed by atoms with E-state index in [9.17, 15) is 4.79 Å². The van der Waals surface area contributed by atoms with Crippen molar-refractivity contribution in [2.24, 2.45) is 0 Å². The van der Waals surface area contributed by atoms with Gasteiger partial charge in [0.2, 0.25) is 11.0 Å². The molecule has 1 aromatic heterocycles. The van der Waals surface area contributed by atoms with Crippen molar-refractivity contribution in [3.8, 4) is 0 Å². The van der Waals surface area contributed by atoms with Crippen LogP contribution in [0.4, 0.5) is 10.8 Å². The molecule has 0 spiro atoms. The van der Waals surface area contributed by atoms with Crippen LogP contribution in [0.2, 0.25) is 0 Å². The van der Waals surface area contributed by atoms with Gasteiger partial charge in [-0.2, -0.15) is 0 Å². The molecule has 1 saturated heterocycles. The quantitative estimate of drug-likeness (QED) is 0.577. The second-order valence-corrected chi connectivity index (χ2v) is 9.13. The highest BCUT2D eigenvalue weighted by Crippen LogP contribution is 2.40. The lowest BCUT2D eigenvalue weighted by atomic mass is 10.1. The van der Waals surface area contributed by atoms with Gasteiger partial charge in [0.15, 0.2) is 4.34 Å². The molecule has 28 heavy (non-hydrogen) atoms. The molecular weight excluding hydrogens is 388 g/mol. The third-order valence-electron chi connectivity index (χ3n) is 4.67. The van der Waals surface area contributed by atoms with Crippen molar-refractivity contribution in [1.29, 1.82) is 0 Å². The van der Waals surface area contributed by atoms with Crippen molar-refractivity contribution in [1.82, 2.24) is 15.1 Å². The van der Waals surface area contributed by atoms with E-state index in [1.807, 2.05) is 47.4 Å². The minimum absolute atomic E-state index is 0.164. The van der Waals surface area contributed by atoms with Crippen molar-refractivity contribution in [3.63, 3.8) is 0 Å². The molecule has 2 aromatic carbocycles. The minimum atomic E-state index is -0.292. The van der Waals surface area contributed by atoms with E-state index < -0.39 is 0 Å². The molecule has 1 atom stereocenters. The van der Waals surface area contributed by atoms with Crippen LogP contribution in [0, 0.1) is 6.92 Å². The lowest BCUT2D eigenvalue weighted by Gasteiger charge is -2.22. The first-order valence-electron chi connectivity index (χ1n) is 9.36. The second-order valence-electron chi connectivity index (χ2n) is 6.81. The van der Waals surface area contributed by atoms with E-state index in [-0.39, 0.29) is 11.2 Å². The van der Waals surface area contributed by atoms with Gasteiger partial charge < -0.3 is 10.2 Å². The lowest BCUT2D eigenvalue weighted by Crippen LogP contribution is -2.31. The molecule has 1 aliphatic heterocycles. The van der Waals surface area contributed by atoms with E-state index in [1.165, 1.54) is 28.7 Å². The zero-order chi connectivity index (χ0) is 19.3. The number of nitrogens with one attached hydrogen (secondary N) is 1. The smallest absolute Gasteiger partial charge is 0.240 e. The van der Waals surface area contributed by atoms with E-state index in [2.05, 4.69) is 34.6 Å². The Labute approximate surface area is 173 Å². The maximum Gasteiger partial charge on any atom is 0.240 e. The first-order valence-corrected chi connectivity index (χ1v) is 11.1. The molecule has 144 valence electrons. The molecule has 5 nitrogen and oxygen atoms in total. The van der Waals surface area contributed by atoms with Crippen molar-refractivity contribution in [2.45, 2.75) is 29.4 Å². The topological polar surface area (TPSA) is 58.1 Å². The summed E-state index contributed by atoms with van der Waals surface area (Å²) in [6, 6.07) is 18.1. The molecule has 0 unspecified atom stereocenters. The summed E-state index contributed by atoms with van der Waals surface area (Å²) < 4.78 is 0.788. The number of hydrogen-bond donors (Lipinski definition) is 1. The number of thioether (sulfide) groups is 1. The Morgan fingerprint density at radius 2 is 1.79 bits per heavy atom. The number of benzene rings is 2. The van der Waals surface area contributed by atoms with Gasteiger partial charge in [-0.3, -0.25) is 4.79 Å². The summed E-state index contributed by atoms with van der Waals surface area (Å²) in [5.74, 6) is 0.164. The highest BCUT2D eigenvalue weighted by molar-refractivity contribution is 8.01. The lowest BCUT2D eigenvalue weighted by molar-refractivity contribution is -0.129. The molecule has 1 aliphatic rings. The number of hydrogen-bond acceptors (Lipinski definition) is 6.